The molecule has 2 N–H and O–H groups in total. The Bertz CT molecular complexity index is 1520. The van der Waals surface area contributed by atoms with Gasteiger partial charge in [-0.05, 0) is 74.0 Å². The van der Waals surface area contributed by atoms with E-state index in [4.69, 9.17) is 28.4 Å². The maximum Gasteiger partial charge on any atom is 0.335 e. The van der Waals surface area contributed by atoms with Crippen LogP contribution < -0.4 is 0 Å². The van der Waals surface area contributed by atoms with Gasteiger partial charge in [0.15, 0.2) is 12.2 Å². The number of ether oxygens (including phenoxy) is 6. The predicted molar refractivity (Wildman–Crippen MR) is 208 cm³/mol. The van der Waals surface area contributed by atoms with Crippen molar-refractivity contribution in [3.63, 3.8) is 0 Å². The second-order valence-electron chi connectivity index (χ2n) is 18.8. The molecule has 5 rings (SSSR count). The molecular weight excluding hydrogens is 752 g/mol. The molecule has 8 bridgehead atoms. The second kappa shape index (κ2) is 17.8. The highest BCUT2D eigenvalue weighted by Crippen LogP contribution is 2.62. The van der Waals surface area contributed by atoms with Gasteiger partial charge in [-0.2, -0.15) is 0 Å². The highest BCUT2D eigenvalue weighted by Gasteiger charge is 2.58. The van der Waals surface area contributed by atoms with Gasteiger partial charge in [0.2, 0.25) is 0 Å². The monoisotopic (exact) mass is 816 g/mol. The zero-order chi connectivity index (χ0) is 42.8. The van der Waals surface area contributed by atoms with E-state index in [1.165, 1.54) is 0 Å². The van der Waals surface area contributed by atoms with Crippen LogP contribution in [0, 0.1) is 57.2 Å². The Balaban J connectivity index is 1.59. The average Bonchev–Trinajstić information content (AvgIpc) is 3.15. The van der Waals surface area contributed by atoms with Crippen molar-refractivity contribution in [2.45, 2.75) is 117 Å². The topological polar surface area (TPSA) is 198 Å². The molecular formula is C44H64O14. The molecule has 14 nitrogen and oxygen atoms in total. The zero-order valence-electron chi connectivity index (χ0n) is 35.1. The molecule has 4 saturated carbocycles. The van der Waals surface area contributed by atoms with E-state index < -0.39 is 94.4 Å². The molecule has 0 aromatic heterocycles. The van der Waals surface area contributed by atoms with Crippen LogP contribution in [0.4, 0.5) is 0 Å². The van der Waals surface area contributed by atoms with Crippen molar-refractivity contribution in [1.29, 1.82) is 0 Å². The van der Waals surface area contributed by atoms with Gasteiger partial charge in [0, 0.05) is 22.7 Å². The molecule has 12 atom stereocenters. The van der Waals surface area contributed by atoms with E-state index in [0.29, 0.717) is 38.5 Å². The molecule has 0 aromatic carbocycles. The molecule has 0 amide bonds. The van der Waals surface area contributed by atoms with Gasteiger partial charge in [-0.25, -0.2) is 9.59 Å². The number of rotatable bonds is 6. The Morgan fingerprint density at radius 3 is 1.34 bits per heavy atom. The minimum atomic E-state index is -1.56. The van der Waals surface area contributed by atoms with Crippen LogP contribution in [0.3, 0.4) is 0 Å². The maximum absolute atomic E-state index is 14.1. The van der Waals surface area contributed by atoms with Gasteiger partial charge in [-0.3, -0.25) is 19.2 Å². The van der Waals surface area contributed by atoms with Crippen molar-refractivity contribution >= 4 is 35.8 Å². The number of esters is 4. The first-order chi connectivity index (χ1) is 27.2. The van der Waals surface area contributed by atoms with Gasteiger partial charge in [-0.1, -0.05) is 64.8 Å². The van der Waals surface area contributed by atoms with Crippen molar-refractivity contribution < 1.29 is 67.4 Å². The van der Waals surface area contributed by atoms with Crippen molar-refractivity contribution in [2.24, 2.45) is 57.2 Å². The fraction of sp³-hybridized carbons (Fsp3) is 0.773. The third-order valence-corrected chi connectivity index (χ3v) is 15.3. The molecule has 14 heteroatoms. The SMILES string of the molecule is C=C1CC[C@H]2[C@@]3(C)CCC[C@]2(C)C1CO[C@@H](C(=O)OC)[C@H](CC(=O)O)C(=O)OC[C@]1(C)CCC[C@]2(C)[C@@H](CO[C@@H](C(=O)OC)[C@H](CC(=O)O)C(=O)OC3)C(=C)CC[C@@H]12. The number of carboxylic acid groups (broad SMARTS) is 2. The lowest BCUT2D eigenvalue weighted by molar-refractivity contribution is -0.185. The van der Waals surface area contributed by atoms with Gasteiger partial charge in [0.05, 0.1) is 53.5 Å². The smallest absolute Gasteiger partial charge is 0.335 e. The minimum absolute atomic E-state index is 0.0485. The first-order valence-electron chi connectivity index (χ1n) is 20.8. The molecule has 1 aliphatic heterocycles. The number of carbonyl (C=O) groups is 6. The van der Waals surface area contributed by atoms with E-state index in [2.05, 4.69) is 27.0 Å². The van der Waals surface area contributed by atoms with Crippen molar-refractivity contribution in [3.05, 3.63) is 24.3 Å². The first kappa shape index (κ1) is 45.3. The second-order valence-corrected chi connectivity index (χ2v) is 18.8. The summed E-state index contributed by atoms with van der Waals surface area (Å²) in [5.41, 5.74) is -0.343. The molecule has 0 aromatic rings. The molecule has 58 heavy (non-hydrogen) atoms. The molecule has 1 heterocycles. The zero-order valence-corrected chi connectivity index (χ0v) is 35.1. The van der Waals surface area contributed by atoms with Crippen LogP contribution >= 0.6 is 0 Å². The van der Waals surface area contributed by atoms with Crippen molar-refractivity contribution in [2.75, 3.05) is 40.6 Å². The molecule has 1 saturated heterocycles. The quantitative estimate of drug-likeness (QED) is 0.181. The lowest BCUT2D eigenvalue weighted by atomic mass is 9.47. The van der Waals surface area contributed by atoms with Crippen LogP contribution in [0.25, 0.3) is 0 Å². The Kier molecular flexibility index (Phi) is 13.9. The summed E-state index contributed by atoms with van der Waals surface area (Å²) in [4.78, 5) is 79.5. The van der Waals surface area contributed by atoms with Crippen LogP contribution in [0.5, 0.6) is 0 Å². The third-order valence-electron chi connectivity index (χ3n) is 15.3. The lowest BCUT2D eigenvalue weighted by Gasteiger charge is -2.58. The van der Waals surface area contributed by atoms with Crippen LogP contribution in [0.15, 0.2) is 24.3 Å². The number of carboxylic acids is 2. The molecule has 1 unspecified atom stereocenters. The van der Waals surface area contributed by atoms with Crippen LogP contribution in [-0.2, 0) is 57.2 Å². The number of hydrogen-bond acceptors (Lipinski definition) is 12. The van der Waals surface area contributed by atoms with E-state index in [9.17, 15) is 39.0 Å². The highest BCUT2D eigenvalue weighted by molar-refractivity contribution is 5.88. The fourth-order valence-electron chi connectivity index (χ4n) is 12.1. The average molecular weight is 817 g/mol. The number of methoxy groups -OCH3 is 2. The summed E-state index contributed by atoms with van der Waals surface area (Å²) < 4.78 is 35.0. The van der Waals surface area contributed by atoms with E-state index >= 15 is 0 Å². The number of aliphatic carboxylic acids is 2. The number of carbonyl (C=O) groups excluding carboxylic acids is 4. The summed E-state index contributed by atoms with van der Waals surface area (Å²) in [6, 6.07) is 0. The first-order valence-corrected chi connectivity index (χ1v) is 20.8. The summed E-state index contributed by atoms with van der Waals surface area (Å²) in [6.07, 6.45) is 2.48. The normalized spacial score (nSPS) is 40.4. The van der Waals surface area contributed by atoms with Crippen molar-refractivity contribution in [1.82, 2.24) is 0 Å². The van der Waals surface area contributed by atoms with E-state index in [-0.39, 0.29) is 50.1 Å². The van der Waals surface area contributed by atoms with E-state index in [1.807, 2.05) is 13.8 Å². The predicted octanol–water partition coefficient (Wildman–Crippen LogP) is 5.94. The summed E-state index contributed by atoms with van der Waals surface area (Å²) in [5.74, 6) is -9.80. The van der Waals surface area contributed by atoms with Gasteiger partial charge >= 0.3 is 35.8 Å². The molecule has 324 valence electrons. The summed E-state index contributed by atoms with van der Waals surface area (Å²) >= 11 is 0. The van der Waals surface area contributed by atoms with Gasteiger partial charge in [0.1, 0.15) is 11.8 Å². The Morgan fingerprint density at radius 1 is 0.655 bits per heavy atom. The third kappa shape index (κ3) is 8.88. The highest BCUT2D eigenvalue weighted by atomic mass is 16.6. The Labute approximate surface area is 341 Å². The van der Waals surface area contributed by atoms with Gasteiger partial charge in [0.25, 0.3) is 0 Å². The summed E-state index contributed by atoms with van der Waals surface area (Å²) in [5, 5.41) is 20.0. The maximum atomic E-state index is 14.1. The number of hydrogen-bond donors (Lipinski definition) is 2. The molecule has 0 spiro atoms. The summed E-state index contributed by atoms with van der Waals surface area (Å²) in [6.45, 7) is 16.9. The van der Waals surface area contributed by atoms with E-state index in [0.717, 1.165) is 51.0 Å². The fourth-order valence-corrected chi connectivity index (χ4v) is 12.1. The van der Waals surface area contributed by atoms with E-state index in [1.54, 1.807) is 0 Å². The van der Waals surface area contributed by atoms with Crippen LogP contribution in [0.2, 0.25) is 0 Å². The van der Waals surface area contributed by atoms with Crippen LogP contribution in [0.1, 0.15) is 105 Å². The number of cyclic esters (lactones) is 2. The lowest BCUT2D eigenvalue weighted by Crippen LogP contribution is -2.55. The standard InChI is InChI=1S/C44H64O14/c1-25-11-13-31-41(3)15-9-17-43(31,5)29(25)21-55-35(39(51)53-7)27(19-33(45)46)37(49)58-24-42(4)16-10-18-44(6)30(26(2)12-14-32(42)44)22-56-36(40(52)54-8)28(20-34(47)48)38(50)57-23-41/h27-32,35-36H,1-2,9-24H2,3-8H3,(H,45,46)(H,47,48)/t27-,28-,29-,30?,31-,32-,35+,36+,41-,42-,43+,44+/m0/s1. The largest absolute Gasteiger partial charge is 0.481 e. The minimum Gasteiger partial charge on any atom is -0.481 e. The van der Waals surface area contributed by atoms with Crippen molar-refractivity contribution in [3.8, 4) is 0 Å². The Morgan fingerprint density at radius 2 is 1.02 bits per heavy atom. The Hall–Kier alpha value is -3.78. The molecule has 4 aliphatic carbocycles. The summed E-state index contributed by atoms with van der Waals surface area (Å²) in [7, 11) is 2.33. The van der Waals surface area contributed by atoms with Crippen LogP contribution in [-0.4, -0.2) is 98.9 Å². The molecule has 0 radical (unpaired) electrons. The molecule has 5 aliphatic rings. The molecule has 5 fully saturated rings. The van der Waals surface area contributed by atoms with Gasteiger partial charge in [-0.15, -0.1) is 0 Å². The van der Waals surface area contributed by atoms with Gasteiger partial charge < -0.3 is 38.6 Å².